The molecular weight excluding hydrogens is 728 g/mol. The van der Waals surface area contributed by atoms with Crippen LogP contribution < -0.4 is 14.4 Å². The van der Waals surface area contributed by atoms with E-state index in [9.17, 15) is 13.8 Å². The van der Waals surface area contributed by atoms with Crippen LogP contribution in [0.5, 0.6) is 5.75 Å². The number of benzene rings is 2. The number of aryl methyl sites for hydroxylation is 1. The van der Waals surface area contributed by atoms with Crippen molar-refractivity contribution in [2.24, 2.45) is 22.1 Å². The second-order valence-corrected chi connectivity index (χ2v) is 17.6. The summed E-state index contributed by atoms with van der Waals surface area (Å²) in [4.78, 5) is 30.2. The van der Waals surface area contributed by atoms with Crippen LogP contribution in [0, 0.1) is 17.8 Å². The van der Waals surface area contributed by atoms with Crippen molar-refractivity contribution in [2.45, 2.75) is 77.4 Å². The van der Waals surface area contributed by atoms with Crippen molar-refractivity contribution in [3.8, 4) is 5.75 Å². The van der Waals surface area contributed by atoms with Crippen LogP contribution in [-0.2, 0) is 50.2 Å². The van der Waals surface area contributed by atoms with Gasteiger partial charge in [0.05, 0.1) is 55.6 Å². The maximum absolute atomic E-state index is 14.7. The maximum atomic E-state index is 14.7. The summed E-state index contributed by atoms with van der Waals surface area (Å²) in [7, 11) is -0.198. The van der Waals surface area contributed by atoms with Gasteiger partial charge in [-0.05, 0) is 104 Å². The zero-order valence-electron chi connectivity index (χ0n) is 31.3. The van der Waals surface area contributed by atoms with Gasteiger partial charge in [-0.2, -0.15) is 0 Å². The van der Waals surface area contributed by atoms with Crippen molar-refractivity contribution < 1.29 is 32.7 Å². The number of amides is 2. The zero-order chi connectivity index (χ0) is 37.8. The van der Waals surface area contributed by atoms with Crippen molar-refractivity contribution in [2.75, 3.05) is 44.6 Å². The summed E-state index contributed by atoms with van der Waals surface area (Å²) in [5, 5.41) is 0.711. The highest BCUT2D eigenvalue weighted by molar-refractivity contribution is 7.92. The van der Waals surface area contributed by atoms with Crippen LogP contribution in [0.25, 0.3) is 0 Å². The average molecular weight is 779 g/mol. The number of nitrogens with zero attached hydrogens (tertiary/aromatic N) is 3. The Kier molecular flexibility index (Phi) is 12.1. The smallest absolute Gasteiger partial charge is 0.286 e. The minimum atomic E-state index is -3.57. The summed E-state index contributed by atoms with van der Waals surface area (Å²) in [5.74, 6) is -0.0428. The van der Waals surface area contributed by atoms with Crippen molar-refractivity contribution >= 4 is 39.0 Å². The molecule has 1 saturated carbocycles. The Bertz CT molecular complexity index is 2010. The molecule has 54 heavy (non-hydrogen) atoms. The molecule has 2 aromatic carbocycles. The largest absolute Gasteiger partial charge is 0.491 e. The van der Waals surface area contributed by atoms with Crippen molar-refractivity contribution in [3.63, 3.8) is 0 Å². The van der Waals surface area contributed by atoms with E-state index in [2.05, 4.69) is 38.3 Å². The van der Waals surface area contributed by atoms with Gasteiger partial charge in [0.15, 0.2) is 0 Å². The molecule has 11 nitrogen and oxygen atoms in total. The Morgan fingerprint density at radius 2 is 1.96 bits per heavy atom. The fourth-order valence-electron chi connectivity index (χ4n) is 8.11. The number of aromatic nitrogens is 1. The lowest BCUT2D eigenvalue weighted by Crippen LogP contribution is -2.43. The third kappa shape index (κ3) is 8.89. The number of methoxy groups -OCH3 is 2. The van der Waals surface area contributed by atoms with Gasteiger partial charge in [-0.3, -0.25) is 14.3 Å². The van der Waals surface area contributed by atoms with Crippen LogP contribution in [0.1, 0.15) is 76.6 Å². The van der Waals surface area contributed by atoms with E-state index in [-0.39, 0.29) is 29.4 Å². The molecule has 4 aliphatic rings. The highest BCUT2D eigenvalue weighted by atomic mass is 35.5. The molecular formula is C41H51ClN4O7S. The molecule has 1 aromatic heterocycles. The van der Waals surface area contributed by atoms with E-state index >= 15 is 0 Å². The standard InChI is InChI=1S/C41H51ClN4O7S/c1-27-7-6-9-38(51-3)36-14-11-31(36)21-46-20-30-10-13-33(42)17-28(30)8-4-5-16-52-39-15-12-29(19-37(39)46)40(47)43-54(49,26-27)44-41(48)32-18-34-24-53-35(25-50-2)23-45(34)22-32/h6,9-10,12-13,15,17-19,22,27,31,35-36,38H,4-5,7-8,11,14,16,20-21,23-26H2,1-3H3,(H,43,44,47,48,49)/b9-6+/t27-,31-,35+,36+,38-,54-/m0/s1. The Hall–Kier alpha value is -3.68. The fourth-order valence-corrected chi connectivity index (χ4v) is 10.2. The van der Waals surface area contributed by atoms with Crippen LogP contribution in [0.4, 0.5) is 5.69 Å². The van der Waals surface area contributed by atoms with E-state index in [0.717, 1.165) is 50.0 Å². The van der Waals surface area contributed by atoms with Gasteiger partial charge in [-0.25, -0.2) is 4.21 Å². The predicted octanol–water partition coefficient (Wildman–Crippen LogP) is 7.00. The minimum absolute atomic E-state index is 0.00929. The van der Waals surface area contributed by atoms with E-state index in [0.29, 0.717) is 67.5 Å². The van der Waals surface area contributed by atoms with Gasteiger partial charge in [0.25, 0.3) is 11.8 Å². The van der Waals surface area contributed by atoms with E-state index in [1.165, 1.54) is 11.1 Å². The van der Waals surface area contributed by atoms with Crippen LogP contribution in [0.3, 0.4) is 0 Å². The molecule has 0 radical (unpaired) electrons. The number of nitrogens with one attached hydrogen (secondary N) is 1. The van der Waals surface area contributed by atoms with Gasteiger partial charge in [-0.1, -0.05) is 36.7 Å². The summed E-state index contributed by atoms with van der Waals surface area (Å²) in [6.07, 6.45) is 11.1. The fraction of sp³-hybridized carbons (Fsp3) is 0.512. The van der Waals surface area contributed by atoms with Gasteiger partial charge in [0.1, 0.15) is 15.7 Å². The first-order valence-corrected chi connectivity index (χ1v) is 21.1. The highest BCUT2D eigenvalue weighted by Crippen LogP contribution is 2.42. The average Bonchev–Trinajstić information content (AvgIpc) is 3.55. The number of fused-ring (bicyclic) bond motifs is 4. The summed E-state index contributed by atoms with van der Waals surface area (Å²) < 4.78 is 47.3. The molecule has 7 rings (SSSR count). The molecule has 1 N–H and O–H groups in total. The predicted molar refractivity (Wildman–Crippen MR) is 209 cm³/mol. The summed E-state index contributed by atoms with van der Waals surface area (Å²) >= 11 is 6.48. The highest BCUT2D eigenvalue weighted by Gasteiger charge is 2.38. The summed E-state index contributed by atoms with van der Waals surface area (Å²) in [6.45, 7) is 5.09. The van der Waals surface area contributed by atoms with Gasteiger partial charge in [0.2, 0.25) is 0 Å². The monoisotopic (exact) mass is 778 g/mol. The van der Waals surface area contributed by atoms with Crippen LogP contribution in [0.15, 0.2) is 65.2 Å². The molecule has 2 amide bonds. The quantitative estimate of drug-likeness (QED) is 0.275. The molecule has 13 heteroatoms. The molecule has 3 aromatic rings. The summed E-state index contributed by atoms with van der Waals surface area (Å²) in [6, 6.07) is 13.1. The van der Waals surface area contributed by atoms with Crippen molar-refractivity contribution in [1.29, 1.82) is 0 Å². The number of carbonyl (C=O) groups is 2. The van der Waals surface area contributed by atoms with E-state index < -0.39 is 21.7 Å². The third-order valence-electron chi connectivity index (χ3n) is 11.1. The summed E-state index contributed by atoms with van der Waals surface area (Å²) in [5.41, 5.74) is 4.59. The normalized spacial score (nSPS) is 28.1. The lowest BCUT2D eigenvalue weighted by atomic mass is 9.70. The van der Waals surface area contributed by atoms with Crippen LogP contribution >= 0.6 is 11.6 Å². The Labute approximate surface area is 323 Å². The second kappa shape index (κ2) is 17.0. The topological polar surface area (TPSA) is 121 Å². The van der Waals surface area contributed by atoms with Crippen LogP contribution in [-0.4, -0.2) is 72.5 Å². The molecule has 3 aliphatic heterocycles. The molecule has 2 bridgehead atoms. The first-order chi connectivity index (χ1) is 26.1. The number of ether oxygens (including phenoxy) is 4. The van der Waals surface area contributed by atoms with E-state index in [1.54, 1.807) is 32.5 Å². The SMILES string of the molecule is COC[C@H]1Cn2cc(C(=O)N[S@@]3(=O)=NC(=O)c4ccc5c(c4)N(Cc4ccc(Cl)cc4CCCCO5)C[C@@H]4CC[C@H]4[C@@H](OC)/C=C/C[C@H](C)C3)cc2CO1. The van der Waals surface area contributed by atoms with Crippen LogP contribution in [0.2, 0.25) is 5.02 Å². The lowest BCUT2D eigenvalue weighted by molar-refractivity contribution is -0.0382. The second-order valence-electron chi connectivity index (χ2n) is 15.1. The number of carbonyl (C=O) groups excluding carboxylic acids is 2. The molecule has 1 aliphatic carbocycles. The molecule has 0 unspecified atom stereocenters. The van der Waals surface area contributed by atoms with Gasteiger partial charge in [-0.15, -0.1) is 4.36 Å². The molecule has 0 spiro atoms. The first kappa shape index (κ1) is 38.6. The van der Waals surface area contributed by atoms with Crippen molar-refractivity contribution in [1.82, 2.24) is 9.29 Å². The molecule has 4 heterocycles. The Balaban J connectivity index is 1.27. The maximum Gasteiger partial charge on any atom is 0.286 e. The third-order valence-corrected chi connectivity index (χ3v) is 13.3. The van der Waals surface area contributed by atoms with Crippen molar-refractivity contribution in [3.05, 3.63) is 93.8 Å². The number of rotatable bonds is 5. The van der Waals surface area contributed by atoms with Gasteiger partial charge in [0, 0.05) is 49.8 Å². The number of halogens is 1. The number of anilines is 1. The minimum Gasteiger partial charge on any atom is -0.491 e. The zero-order valence-corrected chi connectivity index (χ0v) is 32.9. The number of hydrogen-bond acceptors (Lipinski definition) is 8. The molecule has 6 atom stereocenters. The Morgan fingerprint density at radius 3 is 2.76 bits per heavy atom. The number of hydrogen-bond donors (Lipinski definition) is 1. The molecule has 290 valence electrons. The lowest BCUT2D eigenvalue weighted by Gasteiger charge is -2.43. The van der Waals surface area contributed by atoms with Gasteiger partial charge >= 0.3 is 0 Å². The first-order valence-electron chi connectivity index (χ1n) is 19.0. The number of allylic oxidation sites excluding steroid dienone is 1. The molecule has 1 fully saturated rings. The molecule has 0 saturated heterocycles. The van der Waals surface area contributed by atoms with E-state index in [4.69, 9.17) is 30.5 Å². The van der Waals surface area contributed by atoms with Gasteiger partial charge < -0.3 is 28.4 Å². The van der Waals surface area contributed by atoms with E-state index in [1.807, 2.05) is 29.7 Å². The Morgan fingerprint density at radius 1 is 1.09 bits per heavy atom.